The largest absolute Gasteiger partial charge is 0.252 e. The number of aryl methyl sites for hydroxylation is 1. The second-order valence-electron chi connectivity index (χ2n) is 4.05. The third-order valence-corrected chi connectivity index (χ3v) is 2.99. The molecular weight excluding hydrogens is 162 g/mol. The summed E-state index contributed by atoms with van der Waals surface area (Å²) in [5, 5.41) is 8.35. The van der Waals surface area contributed by atoms with Crippen LogP contribution in [0.15, 0.2) is 0 Å². The molecule has 2 rings (SSSR count). The summed E-state index contributed by atoms with van der Waals surface area (Å²) in [6, 6.07) is 0. The fourth-order valence-corrected chi connectivity index (χ4v) is 2.12. The van der Waals surface area contributed by atoms with E-state index >= 15 is 0 Å². The Morgan fingerprint density at radius 2 is 2.15 bits per heavy atom. The highest BCUT2D eigenvalue weighted by Crippen LogP contribution is 2.26. The Bertz CT molecular complexity index is 290. The Morgan fingerprint density at radius 3 is 3.00 bits per heavy atom. The van der Waals surface area contributed by atoms with E-state index in [0.29, 0.717) is 5.92 Å². The van der Waals surface area contributed by atoms with Gasteiger partial charge in [-0.2, -0.15) is 0 Å². The Balaban J connectivity index is 2.33. The average Bonchev–Trinajstić information content (AvgIpc) is 2.43. The highest BCUT2D eigenvalue weighted by molar-refractivity contribution is 5.15. The minimum Gasteiger partial charge on any atom is -0.252 e. The minimum absolute atomic E-state index is 0.601. The topological polar surface area (TPSA) is 30.7 Å². The standard InChI is InChI=1S/C10H17N3/c1-8-6-4-3-5-7-9-10(8)11-12-13(9)2/h8H,3-7H2,1-2H3. The fourth-order valence-electron chi connectivity index (χ4n) is 2.12. The summed E-state index contributed by atoms with van der Waals surface area (Å²) in [6.45, 7) is 2.26. The van der Waals surface area contributed by atoms with Crippen LogP contribution in [0.3, 0.4) is 0 Å². The molecule has 1 atom stereocenters. The van der Waals surface area contributed by atoms with Crippen molar-refractivity contribution >= 4 is 0 Å². The van der Waals surface area contributed by atoms with Gasteiger partial charge in [-0.25, -0.2) is 0 Å². The molecule has 0 amide bonds. The van der Waals surface area contributed by atoms with E-state index in [2.05, 4.69) is 17.2 Å². The first-order valence-electron chi connectivity index (χ1n) is 5.17. The molecule has 1 aliphatic carbocycles. The maximum atomic E-state index is 4.25. The summed E-state index contributed by atoms with van der Waals surface area (Å²) < 4.78 is 1.94. The summed E-state index contributed by atoms with van der Waals surface area (Å²) in [5.74, 6) is 0.601. The van der Waals surface area contributed by atoms with Crippen LogP contribution in [0.4, 0.5) is 0 Å². The number of rotatable bonds is 0. The van der Waals surface area contributed by atoms with Crippen molar-refractivity contribution in [2.45, 2.75) is 44.9 Å². The van der Waals surface area contributed by atoms with E-state index in [1.807, 2.05) is 11.7 Å². The third-order valence-electron chi connectivity index (χ3n) is 2.99. The lowest BCUT2D eigenvalue weighted by molar-refractivity contribution is 0.542. The van der Waals surface area contributed by atoms with Crippen molar-refractivity contribution in [1.29, 1.82) is 0 Å². The Labute approximate surface area is 79.1 Å². The molecule has 0 fully saturated rings. The normalized spacial score (nSPS) is 23.4. The van der Waals surface area contributed by atoms with Gasteiger partial charge in [-0.05, 0) is 19.3 Å². The fraction of sp³-hybridized carbons (Fsp3) is 0.800. The van der Waals surface area contributed by atoms with Crippen LogP contribution in [-0.2, 0) is 13.5 Å². The maximum Gasteiger partial charge on any atom is 0.0887 e. The smallest absolute Gasteiger partial charge is 0.0887 e. The first-order valence-corrected chi connectivity index (χ1v) is 5.17. The number of aromatic nitrogens is 3. The predicted molar refractivity (Wildman–Crippen MR) is 51.6 cm³/mol. The van der Waals surface area contributed by atoms with Crippen LogP contribution in [0.2, 0.25) is 0 Å². The van der Waals surface area contributed by atoms with E-state index in [-0.39, 0.29) is 0 Å². The molecule has 3 heteroatoms. The molecule has 0 aromatic carbocycles. The number of hydrogen-bond acceptors (Lipinski definition) is 2. The molecule has 1 aromatic rings. The second kappa shape index (κ2) is 3.48. The molecule has 1 aromatic heterocycles. The zero-order valence-corrected chi connectivity index (χ0v) is 8.45. The van der Waals surface area contributed by atoms with E-state index in [0.717, 1.165) is 6.42 Å². The molecule has 0 bridgehead atoms. The van der Waals surface area contributed by atoms with E-state index < -0.39 is 0 Å². The molecule has 72 valence electrons. The molecule has 3 nitrogen and oxygen atoms in total. The second-order valence-corrected chi connectivity index (χ2v) is 4.05. The van der Waals surface area contributed by atoms with Crippen LogP contribution >= 0.6 is 0 Å². The lowest BCUT2D eigenvalue weighted by atomic mass is 9.93. The van der Waals surface area contributed by atoms with Gasteiger partial charge in [0.2, 0.25) is 0 Å². The molecule has 1 heterocycles. The minimum atomic E-state index is 0.601. The quantitative estimate of drug-likeness (QED) is 0.610. The Kier molecular flexibility index (Phi) is 2.34. The maximum absolute atomic E-state index is 4.25. The van der Waals surface area contributed by atoms with Crippen LogP contribution < -0.4 is 0 Å². The van der Waals surface area contributed by atoms with E-state index in [9.17, 15) is 0 Å². The van der Waals surface area contributed by atoms with Crippen LogP contribution in [0.5, 0.6) is 0 Å². The highest BCUT2D eigenvalue weighted by atomic mass is 15.4. The van der Waals surface area contributed by atoms with Gasteiger partial charge >= 0.3 is 0 Å². The van der Waals surface area contributed by atoms with Gasteiger partial charge in [0.05, 0.1) is 11.4 Å². The zero-order chi connectivity index (χ0) is 9.26. The van der Waals surface area contributed by atoms with E-state index in [4.69, 9.17) is 0 Å². The molecule has 1 unspecified atom stereocenters. The molecule has 0 saturated heterocycles. The number of nitrogens with zero attached hydrogens (tertiary/aromatic N) is 3. The van der Waals surface area contributed by atoms with Crippen molar-refractivity contribution in [2.24, 2.45) is 7.05 Å². The lowest BCUT2D eigenvalue weighted by Crippen LogP contribution is -2.06. The first-order chi connectivity index (χ1) is 6.29. The van der Waals surface area contributed by atoms with Crippen LogP contribution in [0.25, 0.3) is 0 Å². The van der Waals surface area contributed by atoms with Gasteiger partial charge in [0.15, 0.2) is 0 Å². The number of hydrogen-bond donors (Lipinski definition) is 0. The molecule has 0 aliphatic heterocycles. The molecule has 1 aliphatic rings. The summed E-state index contributed by atoms with van der Waals surface area (Å²) in [7, 11) is 2.00. The van der Waals surface area contributed by atoms with Crippen molar-refractivity contribution in [3.05, 3.63) is 11.4 Å². The van der Waals surface area contributed by atoms with Crippen molar-refractivity contribution in [2.75, 3.05) is 0 Å². The first kappa shape index (κ1) is 8.73. The average molecular weight is 179 g/mol. The molecule has 13 heavy (non-hydrogen) atoms. The van der Waals surface area contributed by atoms with Gasteiger partial charge in [0.1, 0.15) is 0 Å². The SMILES string of the molecule is CC1CCCCCc2c1nnn2C. The van der Waals surface area contributed by atoms with E-state index in [1.54, 1.807) is 0 Å². The zero-order valence-electron chi connectivity index (χ0n) is 8.45. The van der Waals surface area contributed by atoms with Crippen molar-refractivity contribution < 1.29 is 0 Å². The Hall–Kier alpha value is -0.860. The summed E-state index contributed by atoms with van der Waals surface area (Å²) in [5.41, 5.74) is 2.59. The van der Waals surface area contributed by atoms with Crippen LogP contribution in [-0.4, -0.2) is 15.0 Å². The summed E-state index contributed by atoms with van der Waals surface area (Å²) in [4.78, 5) is 0. The third kappa shape index (κ3) is 1.60. The van der Waals surface area contributed by atoms with Crippen molar-refractivity contribution in [1.82, 2.24) is 15.0 Å². The molecule has 0 N–H and O–H groups in total. The summed E-state index contributed by atoms with van der Waals surface area (Å²) in [6.07, 6.45) is 6.42. The van der Waals surface area contributed by atoms with Crippen LogP contribution in [0.1, 0.15) is 49.9 Å². The number of fused-ring (bicyclic) bond motifs is 1. The van der Waals surface area contributed by atoms with Crippen molar-refractivity contribution in [3.63, 3.8) is 0 Å². The van der Waals surface area contributed by atoms with Gasteiger partial charge in [0, 0.05) is 13.0 Å². The predicted octanol–water partition coefficient (Wildman–Crippen LogP) is 2.04. The Morgan fingerprint density at radius 1 is 1.31 bits per heavy atom. The molecule has 0 radical (unpaired) electrons. The summed E-state index contributed by atoms with van der Waals surface area (Å²) >= 11 is 0. The van der Waals surface area contributed by atoms with Gasteiger partial charge < -0.3 is 0 Å². The van der Waals surface area contributed by atoms with E-state index in [1.165, 1.54) is 37.1 Å². The van der Waals surface area contributed by atoms with Gasteiger partial charge in [0.25, 0.3) is 0 Å². The lowest BCUT2D eigenvalue weighted by Gasteiger charge is -2.14. The highest BCUT2D eigenvalue weighted by Gasteiger charge is 2.18. The molecular formula is C10H17N3. The van der Waals surface area contributed by atoms with Gasteiger partial charge in [-0.15, -0.1) is 5.10 Å². The van der Waals surface area contributed by atoms with Gasteiger partial charge in [-0.1, -0.05) is 25.0 Å². The van der Waals surface area contributed by atoms with Crippen LogP contribution in [0, 0.1) is 0 Å². The monoisotopic (exact) mass is 179 g/mol. The molecule has 0 saturated carbocycles. The van der Waals surface area contributed by atoms with Gasteiger partial charge in [-0.3, -0.25) is 4.68 Å². The van der Waals surface area contributed by atoms with Crippen molar-refractivity contribution in [3.8, 4) is 0 Å². The molecule has 0 spiro atoms.